The number of fused-ring (bicyclic) bond motifs is 3. The van der Waals surface area contributed by atoms with Crippen LogP contribution in [0, 0.1) is 6.92 Å². The van der Waals surface area contributed by atoms with Crippen molar-refractivity contribution in [2.75, 3.05) is 11.1 Å². The largest absolute Gasteiger partial charge is 0.384 e. The Morgan fingerprint density at radius 3 is 2.66 bits per heavy atom. The molecule has 32 heavy (non-hydrogen) atoms. The number of benzene rings is 1. The molecule has 162 valence electrons. The van der Waals surface area contributed by atoms with Crippen LogP contribution in [0.1, 0.15) is 54.1 Å². The summed E-state index contributed by atoms with van der Waals surface area (Å²) in [6, 6.07) is 12.7. The standard InChI is InChI=1S/C24H26N8/c1-14-28-29-23-10-7-19(27-24-12-20(15-3-4-15)30-31(24)2)18-11-16(5-8-21(18)32(14)23)17-6-9-22(25)26-13-17/h5-6,8-9,11-13,15,19,27H,3-4,7,10H2,1-2H3,(H2,25,26). The zero-order valence-electron chi connectivity index (χ0n) is 18.3. The SMILES string of the molecule is Cc1nnc2n1-c1ccc(-c3ccc(N)nc3)cc1C(Nc1cc(C3CC3)nn1C)CC2. The van der Waals surface area contributed by atoms with Crippen LogP contribution < -0.4 is 11.1 Å². The highest BCUT2D eigenvalue weighted by Gasteiger charge is 2.29. The minimum atomic E-state index is 0.121. The second kappa shape index (κ2) is 7.19. The lowest BCUT2D eigenvalue weighted by Crippen LogP contribution is -2.14. The molecule has 4 aromatic rings. The summed E-state index contributed by atoms with van der Waals surface area (Å²) in [5.41, 5.74) is 11.5. The van der Waals surface area contributed by atoms with Crippen molar-refractivity contribution in [2.45, 2.75) is 44.6 Å². The highest BCUT2D eigenvalue weighted by atomic mass is 15.3. The van der Waals surface area contributed by atoms with E-state index >= 15 is 0 Å². The van der Waals surface area contributed by atoms with Crippen molar-refractivity contribution >= 4 is 11.6 Å². The van der Waals surface area contributed by atoms with Gasteiger partial charge in [0.2, 0.25) is 0 Å². The van der Waals surface area contributed by atoms with Gasteiger partial charge in [-0.3, -0.25) is 9.25 Å². The average molecular weight is 427 g/mol. The van der Waals surface area contributed by atoms with Crippen LogP contribution in [0.3, 0.4) is 0 Å². The number of hydrogen-bond acceptors (Lipinski definition) is 6. The number of nitrogen functional groups attached to an aromatic ring is 1. The van der Waals surface area contributed by atoms with E-state index in [1.165, 1.54) is 24.1 Å². The molecule has 0 saturated heterocycles. The van der Waals surface area contributed by atoms with Gasteiger partial charge in [-0.15, -0.1) is 10.2 Å². The highest BCUT2D eigenvalue weighted by Crippen LogP contribution is 2.41. The molecule has 1 unspecified atom stereocenters. The molecule has 8 nitrogen and oxygen atoms in total. The van der Waals surface area contributed by atoms with Gasteiger partial charge in [-0.2, -0.15) is 5.10 Å². The van der Waals surface area contributed by atoms with E-state index in [9.17, 15) is 0 Å². The quantitative estimate of drug-likeness (QED) is 0.513. The van der Waals surface area contributed by atoms with Crippen LogP contribution in [0.5, 0.6) is 0 Å². The first-order valence-electron chi connectivity index (χ1n) is 11.1. The van der Waals surface area contributed by atoms with Gasteiger partial charge in [-0.1, -0.05) is 6.07 Å². The first kappa shape index (κ1) is 19.0. The van der Waals surface area contributed by atoms with Crippen LogP contribution in [0.15, 0.2) is 42.6 Å². The summed E-state index contributed by atoms with van der Waals surface area (Å²) in [7, 11) is 2.02. The summed E-state index contributed by atoms with van der Waals surface area (Å²) in [6.07, 6.45) is 6.08. The molecular weight excluding hydrogens is 400 g/mol. The Kier molecular flexibility index (Phi) is 4.28. The van der Waals surface area contributed by atoms with Crippen molar-refractivity contribution in [1.82, 2.24) is 29.5 Å². The molecule has 1 atom stereocenters. The normalized spacial score (nSPS) is 17.5. The molecule has 3 aromatic heterocycles. The molecule has 0 spiro atoms. The molecule has 1 saturated carbocycles. The van der Waals surface area contributed by atoms with Crippen molar-refractivity contribution in [3.63, 3.8) is 0 Å². The van der Waals surface area contributed by atoms with Crippen LogP contribution >= 0.6 is 0 Å². The van der Waals surface area contributed by atoms with E-state index in [1.807, 2.05) is 37.0 Å². The van der Waals surface area contributed by atoms with Gasteiger partial charge >= 0.3 is 0 Å². The van der Waals surface area contributed by atoms with E-state index in [-0.39, 0.29) is 6.04 Å². The first-order chi connectivity index (χ1) is 15.6. The van der Waals surface area contributed by atoms with Gasteiger partial charge in [0.1, 0.15) is 23.3 Å². The zero-order chi connectivity index (χ0) is 21.8. The number of hydrogen-bond donors (Lipinski definition) is 2. The molecule has 6 rings (SSSR count). The maximum atomic E-state index is 5.80. The Hall–Kier alpha value is -3.68. The number of nitrogens with zero attached hydrogens (tertiary/aromatic N) is 6. The fraction of sp³-hybridized carbons (Fsp3) is 0.333. The lowest BCUT2D eigenvalue weighted by Gasteiger charge is -2.21. The van der Waals surface area contributed by atoms with E-state index in [0.29, 0.717) is 11.7 Å². The van der Waals surface area contributed by atoms with Gasteiger partial charge in [-0.25, -0.2) is 4.98 Å². The van der Waals surface area contributed by atoms with Crippen molar-refractivity contribution in [3.05, 3.63) is 65.5 Å². The molecule has 8 heteroatoms. The van der Waals surface area contributed by atoms with Crippen LogP contribution in [0.2, 0.25) is 0 Å². The molecule has 2 aliphatic rings. The predicted octanol–water partition coefficient (Wildman–Crippen LogP) is 3.93. The highest BCUT2D eigenvalue weighted by molar-refractivity contribution is 5.68. The Bertz CT molecular complexity index is 1300. The zero-order valence-corrected chi connectivity index (χ0v) is 18.3. The molecule has 0 bridgehead atoms. The second-order valence-electron chi connectivity index (χ2n) is 8.83. The second-order valence-corrected chi connectivity index (χ2v) is 8.83. The summed E-state index contributed by atoms with van der Waals surface area (Å²) < 4.78 is 4.15. The topological polar surface area (TPSA) is 99.5 Å². The van der Waals surface area contributed by atoms with E-state index in [0.717, 1.165) is 47.1 Å². The van der Waals surface area contributed by atoms with Crippen molar-refractivity contribution in [2.24, 2.45) is 7.05 Å². The fourth-order valence-electron chi connectivity index (χ4n) is 4.63. The number of aryl methyl sites for hydroxylation is 3. The summed E-state index contributed by atoms with van der Waals surface area (Å²) in [5.74, 6) is 4.10. The average Bonchev–Trinajstić information content (AvgIpc) is 3.52. The molecular formula is C24H26N8. The van der Waals surface area contributed by atoms with Gasteiger partial charge in [0.05, 0.1) is 17.4 Å². The predicted molar refractivity (Wildman–Crippen MR) is 124 cm³/mol. The Morgan fingerprint density at radius 1 is 1.03 bits per heavy atom. The number of anilines is 2. The van der Waals surface area contributed by atoms with Gasteiger partial charge in [0.15, 0.2) is 0 Å². The molecule has 0 amide bonds. The van der Waals surface area contributed by atoms with E-state index in [4.69, 9.17) is 10.8 Å². The van der Waals surface area contributed by atoms with Crippen LogP contribution in [-0.2, 0) is 13.5 Å². The molecule has 0 radical (unpaired) electrons. The first-order valence-corrected chi connectivity index (χ1v) is 11.1. The summed E-state index contributed by atoms with van der Waals surface area (Å²) in [4.78, 5) is 4.28. The van der Waals surface area contributed by atoms with Gasteiger partial charge in [-0.05, 0) is 61.6 Å². The third kappa shape index (κ3) is 3.23. The molecule has 1 aromatic carbocycles. The maximum Gasteiger partial charge on any atom is 0.137 e. The molecule has 3 N–H and O–H groups in total. The Morgan fingerprint density at radius 2 is 1.88 bits per heavy atom. The number of aromatic nitrogens is 6. The van der Waals surface area contributed by atoms with Crippen LogP contribution in [0.25, 0.3) is 16.8 Å². The summed E-state index contributed by atoms with van der Waals surface area (Å²) in [5, 5.41) is 17.3. The van der Waals surface area contributed by atoms with E-state index in [2.05, 4.69) is 49.3 Å². The van der Waals surface area contributed by atoms with E-state index in [1.54, 1.807) is 0 Å². The minimum absolute atomic E-state index is 0.121. The van der Waals surface area contributed by atoms with Crippen molar-refractivity contribution < 1.29 is 0 Å². The monoisotopic (exact) mass is 426 g/mol. The fourth-order valence-corrected chi connectivity index (χ4v) is 4.63. The number of rotatable bonds is 4. The number of pyridine rings is 1. The van der Waals surface area contributed by atoms with E-state index < -0.39 is 0 Å². The third-order valence-corrected chi connectivity index (χ3v) is 6.53. The maximum absolute atomic E-state index is 5.80. The van der Waals surface area contributed by atoms with Crippen LogP contribution in [-0.4, -0.2) is 29.5 Å². The number of nitrogens with two attached hydrogens (primary N) is 1. The number of nitrogens with one attached hydrogen (secondary N) is 1. The van der Waals surface area contributed by atoms with Crippen molar-refractivity contribution in [3.8, 4) is 16.8 Å². The summed E-state index contributed by atoms with van der Waals surface area (Å²) in [6.45, 7) is 2.01. The smallest absolute Gasteiger partial charge is 0.137 e. The third-order valence-electron chi connectivity index (χ3n) is 6.53. The molecule has 1 aliphatic carbocycles. The minimum Gasteiger partial charge on any atom is -0.384 e. The molecule has 1 aliphatic heterocycles. The molecule has 4 heterocycles. The van der Waals surface area contributed by atoms with Gasteiger partial charge < -0.3 is 11.1 Å². The summed E-state index contributed by atoms with van der Waals surface area (Å²) >= 11 is 0. The Labute approximate surface area is 186 Å². The lowest BCUT2D eigenvalue weighted by atomic mass is 9.96. The van der Waals surface area contributed by atoms with Crippen LogP contribution in [0.4, 0.5) is 11.6 Å². The van der Waals surface area contributed by atoms with Crippen molar-refractivity contribution in [1.29, 1.82) is 0 Å². The molecule has 1 fully saturated rings. The lowest BCUT2D eigenvalue weighted by molar-refractivity contribution is 0.666. The van der Waals surface area contributed by atoms with Gasteiger partial charge in [0, 0.05) is 37.2 Å². The van der Waals surface area contributed by atoms with Gasteiger partial charge in [0.25, 0.3) is 0 Å². The Balaban J connectivity index is 1.44.